The Morgan fingerprint density at radius 1 is 1.40 bits per heavy atom. The maximum Gasteiger partial charge on any atom is 0.223 e. The highest BCUT2D eigenvalue weighted by atomic mass is 16.2. The van der Waals surface area contributed by atoms with Crippen LogP contribution in [-0.4, -0.2) is 36.5 Å². The van der Waals surface area contributed by atoms with Gasteiger partial charge in [-0.2, -0.15) is 0 Å². The second-order valence-corrected chi connectivity index (χ2v) is 5.40. The second-order valence-electron chi connectivity index (χ2n) is 5.40. The van der Waals surface area contributed by atoms with E-state index in [1.807, 2.05) is 0 Å². The summed E-state index contributed by atoms with van der Waals surface area (Å²) in [5, 5.41) is 3.22. The molecule has 0 aromatic carbocycles. The minimum atomic E-state index is 0.387. The SMILES string of the molecule is CC(C)CN(C(=O)CC1CNC1)C1CC1. The Kier molecular flexibility index (Phi) is 3.29. The Bertz CT molecular complexity index is 232. The summed E-state index contributed by atoms with van der Waals surface area (Å²) >= 11 is 0. The molecule has 1 saturated heterocycles. The smallest absolute Gasteiger partial charge is 0.223 e. The molecule has 0 radical (unpaired) electrons. The van der Waals surface area contributed by atoms with Gasteiger partial charge in [-0.25, -0.2) is 0 Å². The number of amides is 1. The molecule has 3 nitrogen and oxygen atoms in total. The van der Waals surface area contributed by atoms with Crippen LogP contribution in [0.5, 0.6) is 0 Å². The van der Waals surface area contributed by atoms with Crippen molar-refractivity contribution in [2.24, 2.45) is 11.8 Å². The number of carbonyl (C=O) groups excluding carboxylic acids is 1. The molecule has 0 spiro atoms. The molecule has 1 aliphatic heterocycles. The van der Waals surface area contributed by atoms with Crippen molar-refractivity contribution in [1.29, 1.82) is 0 Å². The van der Waals surface area contributed by atoms with Crippen LogP contribution in [0.2, 0.25) is 0 Å². The first kappa shape index (κ1) is 10.9. The largest absolute Gasteiger partial charge is 0.339 e. The zero-order valence-corrected chi connectivity index (χ0v) is 9.83. The van der Waals surface area contributed by atoms with Crippen LogP contribution in [0.25, 0.3) is 0 Å². The van der Waals surface area contributed by atoms with Crippen LogP contribution in [0.4, 0.5) is 0 Å². The molecule has 2 rings (SSSR count). The molecule has 1 aliphatic carbocycles. The average Bonchev–Trinajstić information content (AvgIpc) is 2.89. The van der Waals surface area contributed by atoms with E-state index < -0.39 is 0 Å². The Labute approximate surface area is 92.2 Å². The van der Waals surface area contributed by atoms with Crippen molar-refractivity contribution < 1.29 is 4.79 Å². The van der Waals surface area contributed by atoms with Crippen molar-refractivity contribution >= 4 is 5.91 Å². The summed E-state index contributed by atoms with van der Waals surface area (Å²) in [6, 6.07) is 0.577. The van der Waals surface area contributed by atoms with Crippen molar-refractivity contribution in [2.75, 3.05) is 19.6 Å². The fourth-order valence-electron chi connectivity index (χ4n) is 2.09. The molecule has 3 heteroatoms. The van der Waals surface area contributed by atoms with Gasteiger partial charge in [0, 0.05) is 19.0 Å². The molecule has 15 heavy (non-hydrogen) atoms. The van der Waals surface area contributed by atoms with Crippen molar-refractivity contribution in [3.05, 3.63) is 0 Å². The van der Waals surface area contributed by atoms with E-state index in [-0.39, 0.29) is 0 Å². The first-order chi connectivity index (χ1) is 7.16. The molecule has 0 aromatic heterocycles. The van der Waals surface area contributed by atoms with Gasteiger partial charge < -0.3 is 10.2 Å². The Balaban J connectivity index is 1.82. The van der Waals surface area contributed by atoms with Crippen LogP contribution < -0.4 is 5.32 Å². The first-order valence-corrected chi connectivity index (χ1v) is 6.17. The number of rotatable bonds is 5. The van der Waals surface area contributed by atoms with Gasteiger partial charge in [-0.3, -0.25) is 4.79 Å². The number of nitrogens with zero attached hydrogens (tertiary/aromatic N) is 1. The number of hydrogen-bond acceptors (Lipinski definition) is 2. The molecule has 0 unspecified atom stereocenters. The Morgan fingerprint density at radius 3 is 2.47 bits per heavy atom. The minimum absolute atomic E-state index is 0.387. The number of nitrogens with one attached hydrogen (secondary N) is 1. The van der Waals surface area contributed by atoms with Crippen LogP contribution in [0, 0.1) is 11.8 Å². The number of carbonyl (C=O) groups is 1. The van der Waals surface area contributed by atoms with Gasteiger partial charge in [0.2, 0.25) is 5.91 Å². The van der Waals surface area contributed by atoms with Gasteiger partial charge in [-0.05, 0) is 37.8 Å². The zero-order chi connectivity index (χ0) is 10.8. The first-order valence-electron chi connectivity index (χ1n) is 6.17. The van der Waals surface area contributed by atoms with Crippen molar-refractivity contribution in [3.8, 4) is 0 Å². The van der Waals surface area contributed by atoms with E-state index >= 15 is 0 Å². The average molecular weight is 210 g/mol. The highest BCUT2D eigenvalue weighted by molar-refractivity contribution is 5.77. The molecule has 86 valence electrons. The third-order valence-electron chi connectivity index (χ3n) is 3.20. The number of hydrogen-bond donors (Lipinski definition) is 1. The van der Waals surface area contributed by atoms with Gasteiger partial charge in [-0.15, -0.1) is 0 Å². The molecule has 0 atom stereocenters. The van der Waals surface area contributed by atoms with E-state index in [0.717, 1.165) is 26.1 Å². The van der Waals surface area contributed by atoms with Crippen LogP contribution >= 0.6 is 0 Å². The summed E-state index contributed by atoms with van der Waals surface area (Å²) in [5.41, 5.74) is 0. The lowest BCUT2D eigenvalue weighted by Gasteiger charge is -2.30. The second kappa shape index (κ2) is 4.52. The summed E-state index contributed by atoms with van der Waals surface area (Å²) in [7, 11) is 0. The molecular weight excluding hydrogens is 188 g/mol. The van der Waals surface area contributed by atoms with E-state index in [1.165, 1.54) is 12.8 Å². The molecule has 1 amide bonds. The minimum Gasteiger partial charge on any atom is -0.339 e. The van der Waals surface area contributed by atoms with Crippen LogP contribution in [0.3, 0.4) is 0 Å². The maximum absolute atomic E-state index is 12.1. The van der Waals surface area contributed by atoms with E-state index in [0.29, 0.717) is 23.8 Å². The monoisotopic (exact) mass is 210 g/mol. The molecule has 2 fully saturated rings. The van der Waals surface area contributed by atoms with Crippen LogP contribution in [0.15, 0.2) is 0 Å². The van der Waals surface area contributed by atoms with Gasteiger partial charge >= 0.3 is 0 Å². The summed E-state index contributed by atoms with van der Waals surface area (Å²) in [6.45, 7) is 7.39. The molecule has 1 saturated carbocycles. The highest BCUT2D eigenvalue weighted by Gasteiger charge is 2.34. The van der Waals surface area contributed by atoms with E-state index in [9.17, 15) is 4.79 Å². The lowest BCUT2D eigenvalue weighted by molar-refractivity contribution is -0.133. The van der Waals surface area contributed by atoms with Gasteiger partial charge in [0.25, 0.3) is 0 Å². The van der Waals surface area contributed by atoms with E-state index in [1.54, 1.807) is 0 Å². The quantitative estimate of drug-likeness (QED) is 0.740. The standard InChI is InChI=1S/C12H22N2O/c1-9(2)8-14(11-3-4-11)12(15)5-10-6-13-7-10/h9-11,13H,3-8H2,1-2H3. The summed E-state index contributed by atoms with van der Waals surface area (Å²) < 4.78 is 0. The van der Waals surface area contributed by atoms with Gasteiger partial charge in [0.05, 0.1) is 0 Å². The summed E-state index contributed by atoms with van der Waals surface area (Å²) in [6.07, 6.45) is 3.21. The normalized spacial score (nSPS) is 21.5. The lowest BCUT2D eigenvalue weighted by Crippen LogP contribution is -2.46. The molecule has 0 aromatic rings. The fraction of sp³-hybridized carbons (Fsp3) is 0.917. The third-order valence-corrected chi connectivity index (χ3v) is 3.20. The van der Waals surface area contributed by atoms with Crippen molar-refractivity contribution in [2.45, 2.75) is 39.2 Å². The third kappa shape index (κ3) is 2.94. The van der Waals surface area contributed by atoms with Gasteiger partial charge in [0.15, 0.2) is 0 Å². The topological polar surface area (TPSA) is 32.3 Å². The van der Waals surface area contributed by atoms with Gasteiger partial charge in [-0.1, -0.05) is 13.8 Å². The molecule has 2 aliphatic rings. The predicted octanol–water partition coefficient (Wildman–Crippen LogP) is 1.24. The van der Waals surface area contributed by atoms with Crippen molar-refractivity contribution in [3.63, 3.8) is 0 Å². The molecular formula is C12H22N2O. The lowest BCUT2D eigenvalue weighted by atomic mass is 9.98. The van der Waals surface area contributed by atoms with E-state index in [4.69, 9.17) is 0 Å². The summed E-state index contributed by atoms with van der Waals surface area (Å²) in [4.78, 5) is 14.2. The predicted molar refractivity (Wildman–Crippen MR) is 60.5 cm³/mol. The fourth-order valence-corrected chi connectivity index (χ4v) is 2.09. The zero-order valence-electron chi connectivity index (χ0n) is 9.83. The van der Waals surface area contributed by atoms with Crippen LogP contribution in [0.1, 0.15) is 33.1 Å². The van der Waals surface area contributed by atoms with Crippen LogP contribution in [-0.2, 0) is 4.79 Å². The van der Waals surface area contributed by atoms with E-state index in [2.05, 4.69) is 24.1 Å². The molecule has 1 N–H and O–H groups in total. The summed E-state index contributed by atoms with van der Waals surface area (Å²) in [5.74, 6) is 1.58. The molecule has 0 bridgehead atoms. The maximum atomic E-state index is 12.1. The van der Waals surface area contributed by atoms with Gasteiger partial charge in [0.1, 0.15) is 0 Å². The Hall–Kier alpha value is -0.570. The molecule has 1 heterocycles. The Morgan fingerprint density at radius 2 is 2.07 bits per heavy atom. The highest BCUT2D eigenvalue weighted by Crippen LogP contribution is 2.29. The van der Waals surface area contributed by atoms with Crippen molar-refractivity contribution in [1.82, 2.24) is 10.2 Å².